The number of hydrogen-bond acceptors (Lipinski definition) is 8. The Balaban J connectivity index is 1.76. The van der Waals surface area contributed by atoms with Gasteiger partial charge in [0.15, 0.2) is 0 Å². The Morgan fingerprint density at radius 2 is 1.90 bits per heavy atom. The lowest BCUT2D eigenvalue weighted by Crippen LogP contribution is -2.13. The third kappa shape index (κ3) is 3.56. The first kappa shape index (κ1) is 19.7. The predicted octanol–water partition coefficient (Wildman–Crippen LogP) is 2.47. The molecule has 152 valence electrons. The average Bonchev–Trinajstić information content (AvgIpc) is 3.12. The molecule has 0 aliphatic rings. The van der Waals surface area contributed by atoms with E-state index >= 15 is 0 Å². The highest BCUT2D eigenvalue weighted by atomic mass is 19.1. The van der Waals surface area contributed by atoms with Gasteiger partial charge in [0, 0.05) is 19.0 Å². The zero-order chi connectivity index (χ0) is 22.0. The fourth-order valence-electron chi connectivity index (χ4n) is 3.20. The van der Waals surface area contributed by atoms with Crippen LogP contribution < -0.4 is 11.1 Å². The van der Waals surface area contributed by atoms with Gasteiger partial charge < -0.3 is 11.1 Å². The molecule has 0 spiro atoms. The van der Waals surface area contributed by atoms with Crippen molar-refractivity contribution >= 4 is 22.7 Å². The number of nitrogens with zero attached hydrogens (tertiary/aromatic N) is 7. The van der Waals surface area contributed by atoms with E-state index in [1.807, 2.05) is 12.1 Å². The number of benzene rings is 1. The predicted molar refractivity (Wildman–Crippen MR) is 107 cm³/mol. The van der Waals surface area contributed by atoms with Crippen LogP contribution in [0, 0.1) is 34.3 Å². The quantitative estimate of drug-likeness (QED) is 0.504. The highest BCUT2D eigenvalue weighted by Crippen LogP contribution is 2.27. The van der Waals surface area contributed by atoms with Gasteiger partial charge in [0.25, 0.3) is 0 Å². The van der Waals surface area contributed by atoms with Gasteiger partial charge in [-0.25, -0.2) is 23.7 Å². The molecule has 0 fully saturated rings. The second-order valence-corrected chi connectivity index (χ2v) is 6.40. The smallest absolute Gasteiger partial charge is 0.149 e. The van der Waals surface area contributed by atoms with Gasteiger partial charge >= 0.3 is 0 Å². The summed E-state index contributed by atoms with van der Waals surface area (Å²) in [5, 5.41) is 21.7. The second-order valence-electron chi connectivity index (χ2n) is 6.40. The van der Waals surface area contributed by atoms with Crippen LogP contribution in [-0.2, 0) is 6.42 Å². The van der Waals surface area contributed by atoms with Crippen molar-refractivity contribution in [1.29, 1.82) is 10.5 Å². The SMILES string of the molecule is N#Cc1c(N)ncnc1NCCc1nc2ccc(F)c(C#N)c2n1-c1cncc(F)c1. The van der Waals surface area contributed by atoms with Crippen LogP contribution in [0.2, 0.25) is 0 Å². The van der Waals surface area contributed by atoms with Gasteiger partial charge in [-0.05, 0) is 12.1 Å². The van der Waals surface area contributed by atoms with Gasteiger partial charge in [-0.3, -0.25) is 9.55 Å². The molecule has 0 bridgehead atoms. The molecule has 0 amide bonds. The highest BCUT2D eigenvalue weighted by Gasteiger charge is 2.19. The lowest BCUT2D eigenvalue weighted by atomic mass is 10.2. The van der Waals surface area contributed by atoms with Crippen LogP contribution in [0.5, 0.6) is 0 Å². The van der Waals surface area contributed by atoms with Crippen LogP contribution in [0.4, 0.5) is 20.4 Å². The fraction of sp³-hybridized carbons (Fsp3) is 0.100. The van der Waals surface area contributed by atoms with Crippen LogP contribution in [0.25, 0.3) is 16.7 Å². The third-order valence-electron chi connectivity index (χ3n) is 4.53. The molecule has 3 heterocycles. The molecule has 4 aromatic rings. The lowest BCUT2D eigenvalue weighted by molar-refractivity contribution is 0.619. The van der Waals surface area contributed by atoms with Crippen LogP contribution in [-0.4, -0.2) is 31.0 Å². The molecule has 0 unspecified atom stereocenters. The maximum absolute atomic E-state index is 14.3. The Morgan fingerprint density at radius 1 is 1.10 bits per heavy atom. The first-order valence-corrected chi connectivity index (χ1v) is 8.98. The summed E-state index contributed by atoms with van der Waals surface area (Å²) in [6, 6.07) is 7.61. The minimum absolute atomic E-state index is 0.0483. The fourth-order valence-corrected chi connectivity index (χ4v) is 3.20. The summed E-state index contributed by atoms with van der Waals surface area (Å²) >= 11 is 0. The maximum atomic E-state index is 14.3. The summed E-state index contributed by atoms with van der Waals surface area (Å²) in [6.45, 7) is 0.265. The molecule has 31 heavy (non-hydrogen) atoms. The molecular formula is C20H13F2N9. The Kier molecular flexibility index (Phi) is 5.08. The van der Waals surface area contributed by atoms with E-state index < -0.39 is 11.6 Å². The standard InChI is InChI=1S/C20H13F2N9/c21-11-5-12(9-26-8-11)31-17(30-16-2-1-15(22)13(6-23)18(16)31)3-4-27-20-14(7-24)19(25)28-10-29-20/h1-2,5,8-10H,3-4H2,(H3,25,27,28,29). The van der Waals surface area contributed by atoms with E-state index in [4.69, 9.17) is 5.73 Å². The van der Waals surface area contributed by atoms with E-state index in [1.165, 1.54) is 29.2 Å². The van der Waals surface area contributed by atoms with E-state index in [-0.39, 0.29) is 41.2 Å². The van der Waals surface area contributed by atoms with Crippen molar-refractivity contribution in [2.45, 2.75) is 6.42 Å². The summed E-state index contributed by atoms with van der Waals surface area (Å²) in [7, 11) is 0. The van der Waals surface area contributed by atoms with E-state index in [2.05, 4.69) is 25.3 Å². The van der Waals surface area contributed by atoms with Gasteiger partial charge in [-0.2, -0.15) is 10.5 Å². The zero-order valence-electron chi connectivity index (χ0n) is 15.8. The summed E-state index contributed by atoms with van der Waals surface area (Å²) in [5.74, 6) is -0.563. The number of aromatic nitrogens is 5. The number of pyridine rings is 1. The molecule has 9 nitrogen and oxygen atoms in total. The third-order valence-corrected chi connectivity index (χ3v) is 4.53. The minimum Gasteiger partial charge on any atom is -0.382 e. The summed E-state index contributed by atoms with van der Waals surface area (Å²) < 4.78 is 29.6. The first-order chi connectivity index (χ1) is 15.0. The molecule has 3 N–H and O–H groups in total. The Labute approximate surface area is 174 Å². The molecule has 0 saturated heterocycles. The van der Waals surface area contributed by atoms with Crippen molar-refractivity contribution in [3.8, 4) is 17.8 Å². The number of nitrogens with one attached hydrogen (secondary N) is 1. The maximum Gasteiger partial charge on any atom is 0.149 e. The van der Waals surface area contributed by atoms with Crippen molar-refractivity contribution in [3.63, 3.8) is 0 Å². The highest BCUT2D eigenvalue weighted by molar-refractivity contribution is 5.84. The lowest BCUT2D eigenvalue weighted by Gasteiger charge is -2.11. The van der Waals surface area contributed by atoms with Gasteiger partial charge in [0.2, 0.25) is 0 Å². The van der Waals surface area contributed by atoms with E-state index in [1.54, 1.807) is 0 Å². The minimum atomic E-state index is -0.708. The number of hydrogen-bond donors (Lipinski definition) is 2. The molecule has 0 aliphatic carbocycles. The first-order valence-electron chi connectivity index (χ1n) is 8.98. The number of fused-ring (bicyclic) bond motifs is 1. The van der Waals surface area contributed by atoms with Crippen molar-refractivity contribution in [2.75, 3.05) is 17.6 Å². The second kappa shape index (κ2) is 8.00. The molecule has 3 aromatic heterocycles. The summed E-state index contributed by atoms with van der Waals surface area (Å²) in [4.78, 5) is 16.1. The number of rotatable bonds is 5. The normalized spacial score (nSPS) is 10.6. The van der Waals surface area contributed by atoms with Gasteiger partial charge in [-0.1, -0.05) is 0 Å². The molecule has 0 aliphatic heterocycles. The van der Waals surface area contributed by atoms with Gasteiger partial charge in [-0.15, -0.1) is 0 Å². The van der Waals surface area contributed by atoms with Crippen molar-refractivity contribution in [3.05, 3.63) is 65.5 Å². The van der Waals surface area contributed by atoms with E-state index in [9.17, 15) is 19.3 Å². The monoisotopic (exact) mass is 417 g/mol. The van der Waals surface area contributed by atoms with Crippen LogP contribution in [0.3, 0.4) is 0 Å². The Morgan fingerprint density at radius 3 is 2.65 bits per heavy atom. The van der Waals surface area contributed by atoms with Crippen LogP contribution >= 0.6 is 0 Å². The number of imidazole rings is 1. The Bertz CT molecular complexity index is 1380. The molecule has 1 aromatic carbocycles. The largest absolute Gasteiger partial charge is 0.382 e. The van der Waals surface area contributed by atoms with Gasteiger partial charge in [0.05, 0.1) is 29.1 Å². The summed E-state index contributed by atoms with van der Waals surface area (Å²) in [6.07, 6.45) is 3.94. The summed E-state index contributed by atoms with van der Waals surface area (Å²) in [5.41, 5.74) is 6.48. The number of anilines is 2. The van der Waals surface area contributed by atoms with Crippen molar-refractivity contribution in [2.24, 2.45) is 0 Å². The van der Waals surface area contributed by atoms with Gasteiger partial charge in [0.1, 0.15) is 58.7 Å². The molecule has 11 heteroatoms. The zero-order valence-corrected chi connectivity index (χ0v) is 15.8. The van der Waals surface area contributed by atoms with Crippen molar-refractivity contribution in [1.82, 2.24) is 24.5 Å². The molecule has 0 radical (unpaired) electrons. The Hall–Kier alpha value is -4.64. The molecule has 0 atom stereocenters. The van der Waals surface area contributed by atoms with E-state index in [0.717, 1.165) is 12.3 Å². The number of nitriles is 2. The molecule has 0 saturated carbocycles. The molecule has 4 rings (SSSR count). The number of nitrogens with two attached hydrogens (primary N) is 1. The average molecular weight is 417 g/mol. The number of halogens is 2. The molecular weight excluding hydrogens is 404 g/mol. The topological polar surface area (TPSA) is 142 Å². The number of nitrogen functional groups attached to an aromatic ring is 1. The van der Waals surface area contributed by atoms with Crippen LogP contribution in [0.1, 0.15) is 17.0 Å². The van der Waals surface area contributed by atoms with Crippen molar-refractivity contribution < 1.29 is 8.78 Å². The van der Waals surface area contributed by atoms with Crippen LogP contribution in [0.15, 0.2) is 36.9 Å². The van der Waals surface area contributed by atoms with E-state index in [0.29, 0.717) is 17.0 Å².